The molecule has 0 radical (unpaired) electrons. The van der Waals surface area contributed by atoms with Crippen LogP contribution in [0.3, 0.4) is 0 Å². The molecule has 2 unspecified atom stereocenters. The number of hydrogen-bond acceptors (Lipinski definition) is 5. The second kappa shape index (κ2) is 50.0. The molecule has 6 heteroatoms. The summed E-state index contributed by atoms with van der Waals surface area (Å²) < 4.78 is 5.45. The standard InChI is InChI=1S/C54H103NO5/c1-3-5-7-9-11-13-15-17-19-24-28-32-36-40-44-48-54(59)60-49-45-41-37-33-29-25-21-18-20-23-27-31-35-39-43-47-53(58)55-51(50-56)52(57)46-42-38-34-30-26-22-16-14-12-10-8-6-4-2/h18,21,25,29,51-52,56-57H,3-17,19-20,22-24,26-28,30-50H2,1-2H3,(H,55,58)/b21-18-,29-25-. The monoisotopic (exact) mass is 846 g/mol. The molecule has 1 amide bonds. The third-order valence-corrected chi connectivity index (χ3v) is 12.3. The maximum absolute atomic E-state index is 12.4. The lowest BCUT2D eigenvalue weighted by Gasteiger charge is -2.22. The number of allylic oxidation sites excluding steroid dienone is 4. The summed E-state index contributed by atoms with van der Waals surface area (Å²) in [6.07, 6.45) is 58.7. The number of aliphatic hydroxyl groups is 2. The van der Waals surface area contributed by atoms with Crippen LogP contribution in [0.25, 0.3) is 0 Å². The topological polar surface area (TPSA) is 95.9 Å². The van der Waals surface area contributed by atoms with Gasteiger partial charge in [-0.2, -0.15) is 0 Å². The van der Waals surface area contributed by atoms with Gasteiger partial charge in [-0.25, -0.2) is 0 Å². The van der Waals surface area contributed by atoms with E-state index in [1.54, 1.807) is 0 Å². The number of ether oxygens (including phenoxy) is 1. The highest BCUT2D eigenvalue weighted by Crippen LogP contribution is 2.16. The third kappa shape index (κ3) is 45.9. The highest BCUT2D eigenvalue weighted by molar-refractivity contribution is 5.76. The van der Waals surface area contributed by atoms with Crippen LogP contribution in [0.4, 0.5) is 0 Å². The van der Waals surface area contributed by atoms with E-state index >= 15 is 0 Å². The Bertz CT molecular complexity index is 935. The Morgan fingerprint density at radius 3 is 1.23 bits per heavy atom. The summed E-state index contributed by atoms with van der Waals surface area (Å²) in [5.41, 5.74) is 0. The summed E-state index contributed by atoms with van der Waals surface area (Å²) in [7, 11) is 0. The van der Waals surface area contributed by atoms with E-state index in [-0.39, 0.29) is 18.5 Å². The Balaban J connectivity index is 3.50. The van der Waals surface area contributed by atoms with Crippen LogP contribution in [0.1, 0.15) is 284 Å². The maximum atomic E-state index is 12.4. The van der Waals surface area contributed by atoms with E-state index in [9.17, 15) is 19.8 Å². The van der Waals surface area contributed by atoms with Crippen molar-refractivity contribution in [1.29, 1.82) is 0 Å². The smallest absolute Gasteiger partial charge is 0.305 e. The molecular formula is C54H103NO5. The van der Waals surface area contributed by atoms with Gasteiger partial charge in [0.05, 0.1) is 25.4 Å². The summed E-state index contributed by atoms with van der Waals surface area (Å²) in [6, 6.07) is -0.556. The quantitative estimate of drug-likeness (QED) is 0.0322. The van der Waals surface area contributed by atoms with Crippen molar-refractivity contribution < 1.29 is 24.5 Å². The molecule has 3 N–H and O–H groups in total. The molecule has 0 aliphatic carbocycles. The zero-order valence-electron chi connectivity index (χ0n) is 40.2. The number of aliphatic hydroxyl groups excluding tert-OH is 2. The first-order valence-corrected chi connectivity index (χ1v) is 26.6. The lowest BCUT2D eigenvalue weighted by atomic mass is 10.0. The van der Waals surface area contributed by atoms with Crippen LogP contribution in [-0.2, 0) is 14.3 Å². The lowest BCUT2D eigenvalue weighted by Crippen LogP contribution is -2.45. The van der Waals surface area contributed by atoms with Crippen LogP contribution < -0.4 is 5.32 Å². The molecule has 0 bridgehead atoms. The first-order chi connectivity index (χ1) is 29.5. The van der Waals surface area contributed by atoms with Crippen molar-refractivity contribution >= 4 is 11.9 Å². The van der Waals surface area contributed by atoms with Crippen molar-refractivity contribution in [1.82, 2.24) is 5.32 Å². The van der Waals surface area contributed by atoms with Crippen molar-refractivity contribution in [2.24, 2.45) is 0 Å². The third-order valence-electron chi connectivity index (χ3n) is 12.3. The molecule has 0 fully saturated rings. The van der Waals surface area contributed by atoms with E-state index in [0.29, 0.717) is 25.9 Å². The van der Waals surface area contributed by atoms with E-state index in [0.717, 1.165) is 77.0 Å². The average molecular weight is 846 g/mol. The SMILES string of the molecule is CCCCCCCCCCCCCCCCCC(=O)OCCCCC/C=C\C=C/CCCCCCCCC(=O)NC(CO)C(O)CCCCCCCCCCCCCCC. The van der Waals surface area contributed by atoms with Gasteiger partial charge in [-0.1, -0.05) is 237 Å². The number of unbranched alkanes of at least 4 members (excludes halogenated alkanes) is 35. The molecule has 0 aromatic rings. The van der Waals surface area contributed by atoms with Gasteiger partial charge in [-0.15, -0.1) is 0 Å². The predicted octanol–water partition coefficient (Wildman–Crippen LogP) is 15.9. The number of nitrogens with one attached hydrogen (secondary N) is 1. The molecule has 0 aliphatic rings. The van der Waals surface area contributed by atoms with Crippen molar-refractivity contribution in [2.75, 3.05) is 13.2 Å². The summed E-state index contributed by atoms with van der Waals surface area (Å²) in [5, 5.41) is 23.2. The Morgan fingerprint density at radius 2 is 0.817 bits per heavy atom. The normalized spacial score (nSPS) is 12.8. The molecule has 0 aromatic heterocycles. The number of rotatable bonds is 49. The fourth-order valence-electron chi connectivity index (χ4n) is 8.16. The largest absolute Gasteiger partial charge is 0.466 e. The molecule has 2 atom stereocenters. The van der Waals surface area contributed by atoms with E-state index in [1.807, 2.05) is 0 Å². The van der Waals surface area contributed by atoms with Gasteiger partial charge in [-0.3, -0.25) is 9.59 Å². The number of hydrogen-bond donors (Lipinski definition) is 3. The van der Waals surface area contributed by atoms with Crippen molar-refractivity contribution in [2.45, 2.75) is 296 Å². The van der Waals surface area contributed by atoms with Crippen LogP contribution in [0.15, 0.2) is 24.3 Å². The van der Waals surface area contributed by atoms with E-state index in [1.165, 1.54) is 173 Å². The van der Waals surface area contributed by atoms with Gasteiger partial charge in [0, 0.05) is 12.8 Å². The first-order valence-electron chi connectivity index (χ1n) is 26.6. The average Bonchev–Trinajstić information content (AvgIpc) is 3.25. The van der Waals surface area contributed by atoms with E-state index in [4.69, 9.17) is 4.74 Å². The summed E-state index contributed by atoms with van der Waals surface area (Å²) in [6.45, 7) is 4.90. The van der Waals surface area contributed by atoms with Gasteiger partial charge in [0.15, 0.2) is 0 Å². The van der Waals surface area contributed by atoms with Crippen LogP contribution in [0, 0.1) is 0 Å². The molecule has 0 aromatic carbocycles. The van der Waals surface area contributed by atoms with Gasteiger partial charge in [0.2, 0.25) is 5.91 Å². The Hall–Kier alpha value is -1.66. The zero-order chi connectivity index (χ0) is 43.7. The number of carbonyl (C=O) groups excluding carboxylic acids is 2. The Labute approximate surface area is 373 Å². The molecule has 0 heterocycles. The van der Waals surface area contributed by atoms with Crippen molar-refractivity contribution in [3.63, 3.8) is 0 Å². The molecule has 0 aliphatic heterocycles. The minimum Gasteiger partial charge on any atom is -0.466 e. The van der Waals surface area contributed by atoms with Gasteiger partial charge in [-0.05, 0) is 57.8 Å². The van der Waals surface area contributed by atoms with E-state index in [2.05, 4.69) is 43.5 Å². The summed E-state index contributed by atoms with van der Waals surface area (Å²) >= 11 is 0. The minimum atomic E-state index is -0.677. The summed E-state index contributed by atoms with van der Waals surface area (Å²) in [4.78, 5) is 24.5. The van der Waals surface area contributed by atoms with Crippen molar-refractivity contribution in [3.05, 3.63) is 24.3 Å². The second-order valence-corrected chi connectivity index (χ2v) is 18.2. The van der Waals surface area contributed by atoms with E-state index < -0.39 is 12.1 Å². The number of carbonyl (C=O) groups is 2. The molecule has 0 spiro atoms. The molecule has 60 heavy (non-hydrogen) atoms. The van der Waals surface area contributed by atoms with Gasteiger partial charge in [0.1, 0.15) is 0 Å². The number of amides is 1. The highest BCUT2D eigenvalue weighted by atomic mass is 16.5. The number of esters is 1. The fourth-order valence-corrected chi connectivity index (χ4v) is 8.16. The Morgan fingerprint density at radius 1 is 0.467 bits per heavy atom. The first kappa shape index (κ1) is 58.3. The second-order valence-electron chi connectivity index (χ2n) is 18.2. The lowest BCUT2D eigenvalue weighted by molar-refractivity contribution is -0.143. The van der Waals surface area contributed by atoms with Crippen LogP contribution in [0.2, 0.25) is 0 Å². The van der Waals surface area contributed by atoms with Gasteiger partial charge >= 0.3 is 5.97 Å². The van der Waals surface area contributed by atoms with Crippen LogP contribution >= 0.6 is 0 Å². The molecule has 354 valence electrons. The maximum Gasteiger partial charge on any atom is 0.305 e. The molecule has 0 saturated carbocycles. The van der Waals surface area contributed by atoms with Gasteiger partial charge in [0.25, 0.3) is 0 Å². The highest BCUT2D eigenvalue weighted by Gasteiger charge is 2.20. The molecule has 0 saturated heterocycles. The zero-order valence-corrected chi connectivity index (χ0v) is 40.2. The Kier molecular flexibility index (Phi) is 48.6. The molecular weight excluding hydrogens is 743 g/mol. The van der Waals surface area contributed by atoms with Crippen LogP contribution in [-0.4, -0.2) is 47.4 Å². The van der Waals surface area contributed by atoms with Crippen molar-refractivity contribution in [3.8, 4) is 0 Å². The molecule has 0 rings (SSSR count). The van der Waals surface area contributed by atoms with Gasteiger partial charge < -0.3 is 20.3 Å². The molecule has 6 nitrogen and oxygen atoms in total. The predicted molar refractivity (Wildman–Crippen MR) is 260 cm³/mol. The summed E-state index contributed by atoms with van der Waals surface area (Å²) in [5.74, 6) is -0.0762. The fraction of sp³-hybridized carbons (Fsp3) is 0.889. The minimum absolute atomic E-state index is 0.0189. The van der Waals surface area contributed by atoms with Crippen LogP contribution in [0.5, 0.6) is 0 Å².